The van der Waals surface area contributed by atoms with Crippen LogP contribution in [0.5, 0.6) is 0 Å². The van der Waals surface area contributed by atoms with Crippen LogP contribution in [0.2, 0.25) is 0 Å². The Morgan fingerprint density at radius 3 is 1.06 bits per heavy atom. The second-order valence-corrected chi connectivity index (χ2v) is 22.8. The lowest BCUT2D eigenvalue weighted by Crippen LogP contribution is -1.96. The highest BCUT2D eigenvalue weighted by Gasteiger charge is 2.35. The van der Waals surface area contributed by atoms with Gasteiger partial charge in [0.05, 0.1) is 0 Å². The third-order valence-corrected chi connectivity index (χ3v) is 18.7. The molecule has 2 aliphatic rings. The van der Waals surface area contributed by atoms with Crippen molar-refractivity contribution < 1.29 is 0 Å². The molecule has 0 heterocycles. The monoisotopic (exact) mass is 1050 g/mol. The van der Waals surface area contributed by atoms with E-state index in [9.17, 15) is 0 Å². The lowest BCUT2D eigenvalue weighted by molar-refractivity contribution is 1.47. The first-order chi connectivity index (χ1) is 41.2. The van der Waals surface area contributed by atoms with E-state index in [2.05, 4.69) is 292 Å². The summed E-state index contributed by atoms with van der Waals surface area (Å²) in [5, 5.41) is 15.6. The maximum Gasteiger partial charge on any atom is -0.000718 e. The molecule has 0 bridgehead atoms. The Morgan fingerprint density at radius 1 is 0.145 bits per heavy atom. The third-order valence-electron chi connectivity index (χ3n) is 18.7. The van der Waals surface area contributed by atoms with Gasteiger partial charge in [-0.2, -0.15) is 0 Å². The van der Waals surface area contributed by atoms with Gasteiger partial charge in [-0.1, -0.05) is 285 Å². The predicted octanol–water partition coefficient (Wildman–Crippen LogP) is 23.3. The maximum atomic E-state index is 2.49. The van der Waals surface area contributed by atoms with E-state index in [1.807, 2.05) is 0 Å². The molecule has 0 saturated heterocycles. The molecule has 0 aromatic heterocycles. The molecule has 0 fully saturated rings. The van der Waals surface area contributed by atoms with E-state index in [1.54, 1.807) is 0 Å². The van der Waals surface area contributed by atoms with Gasteiger partial charge in [-0.05, 0) is 200 Å². The Bertz CT molecular complexity index is 5380. The summed E-state index contributed by atoms with van der Waals surface area (Å²) in [6.07, 6.45) is 0. The van der Waals surface area contributed by atoms with E-state index in [4.69, 9.17) is 0 Å². The van der Waals surface area contributed by atoms with Gasteiger partial charge in [0.15, 0.2) is 0 Å². The molecule has 0 nitrogen and oxygen atoms in total. The lowest BCUT2D eigenvalue weighted by Gasteiger charge is -2.23. The van der Waals surface area contributed by atoms with Gasteiger partial charge < -0.3 is 0 Å². The van der Waals surface area contributed by atoms with Crippen molar-refractivity contribution in [2.45, 2.75) is 6.92 Å². The molecule has 0 radical (unpaired) electrons. The average molecular weight is 1050 g/mol. The molecule has 0 aliphatic heterocycles. The number of hydrogen-bond donors (Lipinski definition) is 0. The second kappa shape index (κ2) is 17.7. The minimum Gasteiger partial charge on any atom is -0.0622 e. The molecule has 0 N–H and O–H groups in total. The minimum atomic E-state index is 1.21. The Hall–Kier alpha value is -10.7. The molecule has 2 aliphatic carbocycles. The largest absolute Gasteiger partial charge is 0.0622 e. The molecular weight excluding hydrogens is 997 g/mol. The molecule has 16 aromatic rings. The molecule has 0 amide bonds. The maximum absolute atomic E-state index is 2.49. The highest BCUT2D eigenvalue weighted by molar-refractivity contribution is 6.42. The lowest BCUT2D eigenvalue weighted by atomic mass is 9.79. The number of fused-ring (bicyclic) bond motifs is 11. The van der Waals surface area contributed by atoms with Crippen molar-refractivity contribution in [3.8, 4) is 122 Å². The van der Waals surface area contributed by atoms with Crippen LogP contribution in [-0.2, 0) is 0 Å². The zero-order valence-electron chi connectivity index (χ0n) is 45.6. The molecule has 83 heavy (non-hydrogen) atoms. The standard InChI is InChI=1S/C83H50/c1-49-21-14-15-30-54(49)58-35-20-36-62-60(58)38-44-69-77(62)73(53-28-12-5-13-29-53)82-71-47-42-66-65-41-46-70-78-63(59-33-18-16-31-55(59)50-22-6-2-7-23-50)39-37-57(52-26-10-4-11-27-52)74(78)68-45-40-64(75(65)80(68)70)67-43-48-72(81(71)76(66)67)83(82)79(69)61-34-19-17-32-56(61)51-24-8-3-9-25-51/h2-48H,1H3. The molecule has 16 aromatic carbocycles. The van der Waals surface area contributed by atoms with Crippen LogP contribution in [0.1, 0.15) is 5.56 Å². The summed E-state index contributed by atoms with van der Waals surface area (Å²) in [4.78, 5) is 0. The predicted molar refractivity (Wildman–Crippen MR) is 354 cm³/mol. The first-order valence-corrected chi connectivity index (χ1v) is 29.1. The van der Waals surface area contributed by atoms with Gasteiger partial charge in [-0.15, -0.1) is 0 Å². The summed E-state index contributed by atoms with van der Waals surface area (Å²) in [5.41, 5.74) is 29.1. The molecule has 0 spiro atoms. The van der Waals surface area contributed by atoms with Crippen LogP contribution in [0.15, 0.2) is 285 Å². The summed E-state index contributed by atoms with van der Waals surface area (Å²) in [7, 11) is 0. The fourth-order valence-corrected chi connectivity index (χ4v) is 15.3. The van der Waals surface area contributed by atoms with Crippen molar-refractivity contribution in [2.75, 3.05) is 0 Å². The van der Waals surface area contributed by atoms with Gasteiger partial charge in [-0.3, -0.25) is 0 Å². The van der Waals surface area contributed by atoms with Crippen LogP contribution in [0.4, 0.5) is 0 Å². The number of aryl methyl sites for hydroxylation is 1. The average Bonchev–Trinajstić information content (AvgIpc) is 1.99. The molecule has 382 valence electrons. The topological polar surface area (TPSA) is 0 Å². The van der Waals surface area contributed by atoms with E-state index in [0.29, 0.717) is 0 Å². The quantitative estimate of drug-likeness (QED) is 0.110. The van der Waals surface area contributed by atoms with Crippen LogP contribution in [-0.4, -0.2) is 0 Å². The number of rotatable bonds is 7. The summed E-state index contributed by atoms with van der Waals surface area (Å²) >= 11 is 0. The first-order valence-electron chi connectivity index (χ1n) is 29.1. The van der Waals surface area contributed by atoms with Crippen LogP contribution in [0.3, 0.4) is 0 Å². The molecule has 0 atom stereocenters. The zero-order valence-corrected chi connectivity index (χ0v) is 45.6. The molecule has 0 saturated carbocycles. The van der Waals surface area contributed by atoms with Gasteiger partial charge >= 0.3 is 0 Å². The Balaban J connectivity index is 0.957. The minimum absolute atomic E-state index is 1.21. The molecule has 0 heteroatoms. The Morgan fingerprint density at radius 2 is 0.506 bits per heavy atom. The zero-order chi connectivity index (χ0) is 54.4. The third kappa shape index (κ3) is 6.46. The van der Waals surface area contributed by atoms with Gasteiger partial charge in [0, 0.05) is 0 Å². The highest BCUT2D eigenvalue weighted by Crippen LogP contribution is 2.63. The van der Waals surface area contributed by atoms with E-state index < -0.39 is 0 Å². The van der Waals surface area contributed by atoms with Gasteiger partial charge in [-0.25, -0.2) is 0 Å². The van der Waals surface area contributed by atoms with Crippen LogP contribution < -0.4 is 0 Å². The van der Waals surface area contributed by atoms with Crippen LogP contribution >= 0.6 is 0 Å². The Labute approximate surface area is 481 Å². The van der Waals surface area contributed by atoms with E-state index in [0.717, 1.165) is 0 Å². The summed E-state index contributed by atoms with van der Waals surface area (Å²) in [6.45, 7) is 2.24. The fourth-order valence-electron chi connectivity index (χ4n) is 15.3. The molecule has 0 unspecified atom stereocenters. The van der Waals surface area contributed by atoms with Crippen molar-refractivity contribution in [3.63, 3.8) is 0 Å². The van der Waals surface area contributed by atoms with Crippen molar-refractivity contribution in [3.05, 3.63) is 291 Å². The summed E-state index contributed by atoms with van der Waals surface area (Å²) in [5.74, 6) is 0. The van der Waals surface area contributed by atoms with Gasteiger partial charge in [0.25, 0.3) is 0 Å². The van der Waals surface area contributed by atoms with Crippen molar-refractivity contribution in [1.82, 2.24) is 0 Å². The van der Waals surface area contributed by atoms with Crippen molar-refractivity contribution in [1.29, 1.82) is 0 Å². The first kappa shape index (κ1) is 46.1. The summed E-state index contributed by atoms with van der Waals surface area (Å²) < 4.78 is 0. The van der Waals surface area contributed by atoms with E-state index in [-0.39, 0.29) is 0 Å². The summed E-state index contributed by atoms with van der Waals surface area (Å²) in [6, 6.07) is 107. The van der Waals surface area contributed by atoms with E-state index in [1.165, 1.54) is 193 Å². The molecule has 18 rings (SSSR count). The van der Waals surface area contributed by atoms with Crippen LogP contribution in [0, 0.1) is 6.92 Å². The normalized spacial score (nSPS) is 12.2. The highest BCUT2D eigenvalue weighted by atomic mass is 14.4. The van der Waals surface area contributed by atoms with Crippen molar-refractivity contribution in [2.24, 2.45) is 0 Å². The number of hydrogen-bond acceptors (Lipinski definition) is 0. The SMILES string of the molecule is Cc1ccccc1-c1cccc2c1ccc1c(-c3ccccc3-c3ccccc3)c3c(c(-c4ccccc4)c12)-c1ccc2c4ccc5c6c(ccc(c7ccc-3c1c72)c64)-c1c(-c2ccccc2)ccc(-c2ccccc2-c2ccccc2)c1-5. The number of benzene rings is 16. The molecular formula is C83H50. The van der Waals surface area contributed by atoms with Crippen molar-refractivity contribution >= 4 is 64.6 Å². The Kier molecular flexibility index (Phi) is 9.82. The van der Waals surface area contributed by atoms with Crippen LogP contribution in [0.25, 0.3) is 187 Å². The van der Waals surface area contributed by atoms with Gasteiger partial charge in [0.1, 0.15) is 0 Å². The smallest absolute Gasteiger partial charge is 0.000718 e. The van der Waals surface area contributed by atoms with E-state index >= 15 is 0 Å². The van der Waals surface area contributed by atoms with Gasteiger partial charge in [0.2, 0.25) is 0 Å². The second-order valence-electron chi connectivity index (χ2n) is 22.8. The fraction of sp³-hybridized carbons (Fsp3) is 0.0120.